The van der Waals surface area contributed by atoms with E-state index < -0.39 is 0 Å². The van der Waals surface area contributed by atoms with Crippen LogP contribution in [-0.2, 0) is 0 Å². The van der Waals surface area contributed by atoms with Gasteiger partial charge in [0.25, 0.3) is 0 Å². The molecule has 0 saturated heterocycles. The second-order valence-electron chi connectivity index (χ2n) is 4.61. The van der Waals surface area contributed by atoms with Crippen LogP contribution in [-0.4, -0.2) is 23.3 Å². The first-order chi connectivity index (χ1) is 8.11. The van der Waals surface area contributed by atoms with Crippen LogP contribution in [0.2, 0.25) is 0 Å². The summed E-state index contributed by atoms with van der Waals surface area (Å²) in [7, 11) is 0. The molecule has 1 rings (SSSR count). The fourth-order valence-electron chi connectivity index (χ4n) is 1.72. The van der Waals surface area contributed by atoms with E-state index in [4.69, 9.17) is 0 Å². The van der Waals surface area contributed by atoms with Gasteiger partial charge in [0.2, 0.25) is 0 Å². The Balaban J connectivity index is 2.36. The third kappa shape index (κ3) is 6.08. The summed E-state index contributed by atoms with van der Waals surface area (Å²) >= 11 is 1.86. The second kappa shape index (κ2) is 7.72. The minimum atomic E-state index is 0.570. The molecule has 1 N–H and O–H groups in total. The molecular weight excluding hydrogens is 228 g/mol. The largest absolute Gasteiger partial charge is 0.316 e. The summed E-state index contributed by atoms with van der Waals surface area (Å²) in [5.41, 5.74) is 2.41. The second-order valence-corrected chi connectivity index (χ2v) is 6.07. The molecule has 2 nitrogen and oxygen atoms in total. The van der Waals surface area contributed by atoms with Crippen molar-refractivity contribution in [3.05, 3.63) is 23.4 Å². The van der Waals surface area contributed by atoms with Crippen molar-refractivity contribution in [2.24, 2.45) is 0 Å². The molecule has 17 heavy (non-hydrogen) atoms. The average Bonchev–Trinajstić information content (AvgIpc) is 2.23. The standard InChI is InChI=1S/C14H24N2S/c1-5-6-7-15-10-13(4)17-14-9-11(2)8-12(3)16-14/h8-9,13,15H,5-7,10H2,1-4H3. The number of hydrogen-bond donors (Lipinski definition) is 1. The molecule has 0 radical (unpaired) electrons. The van der Waals surface area contributed by atoms with Gasteiger partial charge in [0.15, 0.2) is 0 Å². The summed E-state index contributed by atoms with van der Waals surface area (Å²) in [4.78, 5) is 4.55. The molecule has 0 aliphatic heterocycles. The van der Waals surface area contributed by atoms with Crippen molar-refractivity contribution in [2.75, 3.05) is 13.1 Å². The van der Waals surface area contributed by atoms with Crippen molar-refractivity contribution in [1.82, 2.24) is 10.3 Å². The zero-order chi connectivity index (χ0) is 12.7. The normalized spacial score (nSPS) is 12.7. The first-order valence-electron chi connectivity index (χ1n) is 6.44. The Bertz CT molecular complexity index is 319. The van der Waals surface area contributed by atoms with E-state index in [1.54, 1.807) is 0 Å². The molecule has 0 aliphatic rings. The van der Waals surface area contributed by atoms with Crippen LogP contribution in [0.15, 0.2) is 17.2 Å². The quantitative estimate of drug-likeness (QED) is 0.593. The van der Waals surface area contributed by atoms with Crippen LogP contribution in [0.1, 0.15) is 37.9 Å². The Labute approximate surface area is 110 Å². The highest BCUT2D eigenvalue weighted by molar-refractivity contribution is 7.99. The van der Waals surface area contributed by atoms with Gasteiger partial charge in [-0.15, -0.1) is 11.8 Å². The number of rotatable bonds is 7. The van der Waals surface area contributed by atoms with E-state index in [0.717, 1.165) is 23.8 Å². The van der Waals surface area contributed by atoms with Gasteiger partial charge in [0, 0.05) is 17.5 Å². The molecule has 1 heterocycles. The summed E-state index contributed by atoms with van der Waals surface area (Å²) < 4.78 is 0. The maximum atomic E-state index is 4.55. The van der Waals surface area contributed by atoms with Crippen LogP contribution in [0.25, 0.3) is 0 Å². The van der Waals surface area contributed by atoms with Crippen molar-refractivity contribution < 1.29 is 0 Å². The third-order valence-electron chi connectivity index (χ3n) is 2.54. The number of unbranched alkanes of at least 4 members (excludes halogenated alkanes) is 1. The molecule has 1 aromatic rings. The highest BCUT2D eigenvalue weighted by Gasteiger charge is 2.06. The maximum Gasteiger partial charge on any atom is 0.0968 e. The molecule has 1 unspecified atom stereocenters. The number of pyridine rings is 1. The SMILES string of the molecule is CCCCNCC(C)Sc1cc(C)cc(C)n1. The number of aryl methyl sites for hydroxylation is 2. The lowest BCUT2D eigenvalue weighted by molar-refractivity contribution is 0.638. The van der Waals surface area contributed by atoms with Crippen LogP contribution in [0.4, 0.5) is 0 Å². The molecule has 0 spiro atoms. The van der Waals surface area contributed by atoms with Crippen LogP contribution < -0.4 is 5.32 Å². The number of aromatic nitrogens is 1. The van der Waals surface area contributed by atoms with E-state index >= 15 is 0 Å². The monoisotopic (exact) mass is 252 g/mol. The summed E-state index contributed by atoms with van der Waals surface area (Å²) in [6.07, 6.45) is 2.52. The van der Waals surface area contributed by atoms with Gasteiger partial charge in [0.05, 0.1) is 5.03 Å². The first kappa shape index (κ1) is 14.5. The number of hydrogen-bond acceptors (Lipinski definition) is 3. The van der Waals surface area contributed by atoms with Crippen molar-refractivity contribution in [3.8, 4) is 0 Å². The lowest BCUT2D eigenvalue weighted by atomic mass is 10.3. The fraction of sp³-hybridized carbons (Fsp3) is 0.643. The zero-order valence-corrected chi connectivity index (χ0v) is 12.2. The van der Waals surface area contributed by atoms with E-state index in [1.165, 1.54) is 18.4 Å². The molecule has 1 atom stereocenters. The average molecular weight is 252 g/mol. The lowest BCUT2D eigenvalue weighted by Crippen LogP contribution is -2.23. The molecule has 0 saturated carbocycles. The Kier molecular flexibility index (Phi) is 6.60. The van der Waals surface area contributed by atoms with E-state index in [9.17, 15) is 0 Å². The van der Waals surface area contributed by atoms with E-state index in [2.05, 4.69) is 50.1 Å². The fourth-order valence-corrected chi connectivity index (χ4v) is 2.78. The predicted octanol–water partition coefficient (Wildman–Crippen LogP) is 3.57. The molecular formula is C14H24N2S. The van der Waals surface area contributed by atoms with Crippen molar-refractivity contribution in [1.29, 1.82) is 0 Å². The highest BCUT2D eigenvalue weighted by Crippen LogP contribution is 2.22. The van der Waals surface area contributed by atoms with E-state index in [0.29, 0.717) is 5.25 Å². The van der Waals surface area contributed by atoms with Gasteiger partial charge < -0.3 is 5.32 Å². The Morgan fingerprint density at radius 1 is 1.35 bits per heavy atom. The number of nitrogens with one attached hydrogen (secondary N) is 1. The van der Waals surface area contributed by atoms with Gasteiger partial charge in [-0.3, -0.25) is 0 Å². The van der Waals surface area contributed by atoms with Crippen LogP contribution >= 0.6 is 11.8 Å². The highest BCUT2D eigenvalue weighted by atomic mass is 32.2. The Morgan fingerprint density at radius 2 is 2.12 bits per heavy atom. The summed E-state index contributed by atoms with van der Waals surface area (Å²) in [5, 5.41) is 5.20. The van der Waals surface area contributed by atoms with Crippen LogP contribution in [0.5, 0.6) is 0 Å². The Hall–Kier alpha value is -0.540. The molecule has 0 aliphatic carbocycles. The van der Waals surface area contributed by atoms with Crippen molar-refractivity contribution >= 4 is 11.8 Å². The van der Waals surface area contributed by atoms with Crippen LogP contribution in [0, 0.1) is 13.8 Å². The van der Waals surface area contributed by atoms with Crippen LogP contribution in [0.3, 0.4) is 0 Å². The van der Waals surface area contributed by atoms with E-state index in [1.807, 2.05) is 11.8 Å². The van der Waals surface area contributed by atoms with Gasteiger partial charge in [-0.1, -0.05) is 20.3 Å². The van der Waals surface area contributed by atoms with Gasteiger partial charge >= 0.3 is 0 Å². The zero-order valence-electron chi connectivity index (χ0n) is 11.4. The van der Waals surface area contributed by atoms with Gasteiger partial charge in [0.1, 0.15) is 0 Å². The number of thioether (sulfide) groups is 1. The molecule has 0 bridgehead atoms. The molecule has 0 aromatic carbocycles. The lowest BCUT2D eigenvalue weighted by Gasteiger charge is -2.12. The first-order valence-corrected chi connectivity index (χ1v) is 7.32. The molecule has 1 aromatic heterocycles. The minimum absolute atomic E-state index is 0.570. The molecule has 0 amide bonds. The maximum absolute atomic E-state index is 4.55. The smallest absolute Gasteiger partial charge is 0.0968 e. The predicted molar refractivity (Wildman–Crippen MR) is 76.8 cm³/mol. The molecule has 96 valence electrons. The van der Waals surface area contributed by atoms with E-state index in [-0.39, 0.29) is 0 Å². The molecule has 0 fully saturated rings. The van der Waals surface area contributed by atoms with Crippen molar-refractivity contribution in [3.63, 3.8) is 0 Å². The number of nitrogens with zero attached hydrogens (tertiary/aromatic N) is 1. The molecule has 3 heteroatoms. The minimum Gasteiger partial charge on any atom is -0.316 e. The summed E-state index contributed by atoms with van der Waals surface area (Å²) in [6.45, 7) is 10.8. The Morgan fingerprint density at radius 3 is 2.76 bits per heavy atom. The van der Waals surface area contributed by atoms with Gasteiger partial charge in [-0.2, -0.15) is 0 Å². The summed E-state index contributed by atoms with van der Waals surface area (Å²) in [6, 6.07) is 4.29. The topological polar surface area (TPSA) is 24.9 Å². The third-order valence-corrected chi connectivity index (χ3v) is 3.55. The van der Waals surface area contributed by atoms with Gasteiger partial charge in [-0.05, 0) is 44.5 Å². The summed E-state index contributed by atoms with van der Waals surface area (Å²) in [5.74, 6) is 0. The van der Waals surface area contributed by atoms with Crippen molar-refractivity contribution in [2.45, 2.75) is 50.8 Å². The van der Waals surface area contributed by atoms with Gasteiger partial charge in [-0.25, -0.2) is 4.98 Å².